The van der Waals surface area contributed by atoms with E-state index in [-0.39, 0.29) is 43.4 Å². The highest BCUT2D eigenvalue weighted by Gasteiger charge is 2.29. The normalized spacial score (nSPS) is 12.1. The van der Waals surface area contributed by atoms with E-state index in [1.165, 1.54) is 41.3 Å². The van der Waals surface area contributed by atoms with E-state index in [0.717, 1.165) is 23.4 Å². The lowest BCUT2D eigenvalue weighted by molar-refractivity contribution is -0.141. The van der Waals surface area contributed by atoms with Crippen LogP contribution in [0.15, 0.2) is 48.5 Å². The van der Waals surface area contributed by atoms with Crippen molar-refractivity contribution in [2.75, 3.05) is 23.7 Å². The van der Waals surface area contributed by atoms with Gasteiger partial charge in [0.05, 0.1) is 11.9 Å². The van der Waals surface area contributed by atoms with Crippen LogP contribution in [0.1, 0.15) is 51.5 Å². The lowest BCUT2D eigenvalue weighted by Gasteiger charge is -2.31. The minimum atomic E-state index is -3.79. The molecule has 0 heterocycles. The van der Waals surface area contributed by atoms with Gasteiger partial charge in [0.15, 0.2) is 0 Å². The van der Waals surface area contributed by atoms with Crippen LogP contribution in [0.25, 0.3) is 0 Å². The standard InChI is InChI=1S/C26H35F2N3O4S/c1-4-6-17-29-26(33)23(5-2)30(19-20-13-15-21(27)16-14-20)25(32)12-9-18-31(36(3,34)35)24-11-8-7-10-22(24)28/h7-8,10-11,13-16,23H,4-6,9,12,17-19H2,1-3H3,(H,29,33). The van der Waals surface area contributed by atoms with Crippen molar-refractivity contribution in [2.24, 2.45) is 0 Å². The van der Waals surface area contributed by atoms with E-state index in [0.29, 0.717) is 18.5 Å². The Morgan fingerprint density at radius 3 is 2.25 bits per heavy atom. The third-order valence-corrected chi connectivity index (χ3v) is 6.93. The quantitative estimate of drug-likeness (QED) is 0.376. The number of carbonyl (C=O) groups is 2. The predicted octanol–water partition coefficient (Wildman–Crippen LogP) is 4.23. The van der Waals surface area contributed by atoms with Gasteiger partial charge in [-0.1, -0.05) is 44.5 Å². The van der Waals surface area contributed by atoms with Gasteiger partial charge in [-0.05, 0) is 49.1 Å². The highest BCUT2D eigenvalue weighted by molar-refractivity contribution is 7.92. The van der Waals surface area contributed by atoms with Gasteiger partial charge in [-0.25, -0.2) is 17.2 Å². The second-order valence-electron chi connectivity index (χ2n) is 8.61. The Hall–Kier alpha value is -3.01. The molecule has 1 N–H and O–H groups in total. The molecular formula is C26H35F2N3O4S. The molecule has 10 heteroatoms. The maximum Gasteiger partial charge on any atom is 0.242 e. The van der Waals surface area contributed by atoms with Gasteiger partial charge in [-0.2, -0.15) is 0 Å². The molecule has 0 aromatic heterocycles. The zero-order chi connectivity index (χ0) is 26.7. The van der Waals surface area contributed by atoms with Crippen molar-refractivity contribution in [1.29, 1.82) is 0 Å². The minimum Gasteiger partial charge on any atom is -0.354 e. The number of anilines is 1. The average molecular weight is 524 g/mol. The third-order valence-electron chi connectivity index (χ3n) is 5.75. The highest BCUT2D eigenvalue weighted by Crippen LogP contribution is 2.22. The second kappa shape index (κ2) is 13.9. The van der Waals surface area contributed by atoms with Crippen LogP contribution >= 0.6 is 0 Å². The van der Waals surface area contributed by atoms with Crippen LogP contribution in [0.5, 0.6) is 0 Å². The number of halogens is 2. The van der Waals surface area contributed by atoms with Gasteiger partial charge in [0.1, 0.15) is 17.7 Å². The highest BCUT2D eigenvalue weighted by atomic mass is 32.2. The SMILES string of the molecule is CCCCNC(=O)C(CC)N(Cc1ccc(F)cc1)C(=O)CCCN(c1ccccc1F)S(C)(=O)=O. The molecule has 0 radical (unpaired) electrons. The zero-order valence-corrected chi connectivity index (χ0v) is 21.9. The summed E-state index contributed by atoms with van der Waals surface area (Å²) in [6, 6.07) is 10.5. The molecule has 2 aromatic rings. The van der Waals surface area contributed by atoms with Crippen molar-refractivity contribution in [1.82, 2.24) is 10.2 Å². The molecule has 1 atom stereocenters. The monoisotopic (exact) mass is 523 g/mol. The summed E-state index contributed by atoms with van der Waals surface area (Å²) < 4.78 is 53.2. The number of nitrogens with one attached hydrogen (secondary N) is 1. The molecule has 0 aliphatic heterocycles. The van der Waals surface area contributed by atoms with E-state index in [9.17, 15) is 26.8 Å². The Morgan fingerprint density at radius 2 is 1.67 bits per heavy atom. The van der Waals surface area contributed by atoms with Crippen LogP contribution in [0.4, 0.5) is 14.5 Å². The minimum absolute atomic E-state index is 0.0552. The molecule has 0 saturated heterocycles. The summed E-state index contributed by atoms with van der Waals surface area (Å²) in [5, 5.41) is 2.86. The van der Waals surface area contributed by atoms with E-state index in [1.54, 1.807) is 19.1 Å². The molecule has 0 saturated carbocycles. The second-order valence-corrected chi connectivity index (χ2v) is 10.5. The maximum absolute atomic E-state index is 14.3. The van der Waals surface area contributed by atoms with Crippen LogP contribution in [-0.2, 0) is 26.2 Å². The molecule has 0 spiro atoms. The van der Waals surface area contributed by atoms with Crippen LogP contribution in [0.3, 0.4) is 0 Å². The van der Waals surface area contributed by atoms with Crippen molar-refractivity contribution in [3.63, 3.8) is 0 Å². The molecule has 7 nitrogen and oxygen atoms in total. The number of amides is 2. The average Bonchev–Trinajstić information content (AvgIpc) is 2.83. The van der Waals surface area contributed by atoms with Gasteiger partial charge in [-0.15, -0.1) is 0 Å². The van der Waals surface area contributed by atoms with Gasteiger partial charge in [-0.3, -0.25) is 13.9 Å². The van der Waals surface area contributed by atoms with Crippen LogP contribution in [-0.4, -0.2) is 50.5 Å². The van der Waals surface area contributed by atoms with E-state index >= 15 is 0 Å². The first-order chi connectivity index (χ1) is 17.1. The topological polar surface area (TPSA) is 86.8 Å². The Labute approximate surface area is 212 Å². The molecule has 0 bridgehead atoms. The third kappa shape index (κ3) is 8.58. The van der Waals surface area contributed by atoms with Crippen LogP contribution < -0.4 is 9.62 Å². The molecule has 0 aliphatic rings. The number of hydrogen-bond donors (Lipinski definition) is 1. The number of nitrogens with zero attached hydrogens (tertiary/aromatic N) is 2. The number of carbonyl (C=O) groups excluding carboxylic acids is 2. The summed E-state index contributed by atoms with van der Waals surface area (Å²) in [6.07, 6.45) is 3.14. The van der Waals surface area contributed by atoms with Crippen LogP contribution in [0, 0.1) is 11.6 Å². The molecular weight excluding hydrogens is 488 g/mol. The van der Waals surface area contributed by atoms with Crippen molar-refractivity contribution >= 4 is 27.5 Å². The zero-order valence-electron chi connectivity index (χ0n) is 21.0. The first kappa shape index (κ1) is 29.2. The van der Waals surface area contributed by atoms with Gasteiger partial charge >= 0.3 is 0 Å². The first-order valence-electron chi connectivity index (χ1n) is 12.1. The Kier molecular flexibility index (Phi) is 11.3. The summed E-state index contributed by atoms with van der Waals surface area (Å²) >= 11 is 0. The van der Waals surface area contributed by atoms with Crippen molar-refractivity contribution in [3.8, 4) is 0 Å². The molecule has 198 valence electrons. The number of hydrogen-bond acceptors (Lipinski definition) is 4. The van der Waals surface area contributed by atoms with Gasteiger partial charge < -0.3 is 10.2 Å². The van der Waals surface area contributed by atoms with E-state index in [2.05, 4.69) is 5.32 Å². The molecule has 1 unspecified atom stereocenters. The van der Waals surface area contributed by atoms with Gasteiger partial charge in [0.2, 0.25) is 21.8 Å². The summed E-state index contributed by atoms with van der Waals surface area (Å²) in [5.74, 6) is -1.71. The first-order valence-corrected chi connectivity index (χ1v) is 14.0. The number of benzene rings is 2. The number of sulfonamides is 1. The fourth-order valence-electron chi connectivity index (χ4n) is 3.85. The number of para-hydroxylation sites is 1. The summed E-state index contributed by atoms with van der Waals surface area (Å²) in [6.45, 7) is 4.31. The van der Waals surface area contributed by atoms with E-state index in [1.807, 2.05) is 6.92 Å². The molecule has 0 fully saturated rings. The number of unbranched alkanes of at least 4 members (excludes halogenated alkanes) is 1. The Bertz CT molecular complexity index is 1110. The summed E-state index contributed by atoms with van der Waals surface area (Å²) in [7, 11) is -3.79. The Morgan fingerprint density at radius 1 is 1.00 bits per heavy atom. The molecule has 2 aromatic carbocycles. The summed E-state index contributed by atoms with van der Waals surface area (Å²) in [4.78, 5) is 27.6. The number of rotatable bonds is 14. The van der Waals surface area contributed by atoms with Crippen molar-refractivity contribution < 1.29 is 26.8 Å². The Balaban J connectivity index is 2.20. The van der Waals surface area contributed by atoms with Crippen molar-refractivity contribution in [2.45, 2.75) is 58.5 Å². The smallest absolute Gasteiger partial charge is 0.242 e. The summed E-state index contributed by atoms with van der Waals surface area (Å²) in [5.41, 5.74) is 0.575. The molecule has 2 rings (SSSR count). The fraction of sp³-hybridized carbons (Fsp3) is 0.462. The molecule has 36 heavy (non-hydrogen) atoms. The largest absolute Gasteiger partial charge is 0.354 e. The lowest BCUT2D eigenvalue weighted by Crippen LogP contribution is -2.49. The van der Waals surface area contributed by atoms with Crippen molar-refractivity contribution in [3.05, 3.63) is 65.7 Å². The lowest BCUT2D eigenvalue weighted by atomic mass is 10.1. The predicted molar refractivity (Wildman–Crippen MR) is 137 cm³/mol. The van der Waals surface area contributed by atoms with Crippen LogP contribution in [0.2, 0.25) is 0 Å². The maximum atomic E-state index is 14.3. The van der Waals surface area contributed by atoms with E-state index in [4.69, 9.17) is 0 Å². The molecule has 2 amide bonds. The van der Waals surface area contributed by atoms with Gasteiger partial charge in [0, 0.05) is 26.1 Å². The fourth-order valence-corrected chi connectivity index (χ4v) is 4.81. The van der Waals surface area contributed by atoms with Gasteiger partial charge in [0.25, 0.3) is 0 Å². The van der Waals surface area contributed by atoms with E-state index < -0.39 is 27.7 Å². The molecule has 0 aliphatic carbocycles.